The highest BCUT2D eigenvalue weighted by Gasteiger charge is 2.14. The van der Waals surface area contributed by atoms with Gasteiger partial charge in [-0.1, -0.05) is 61.6 Å². The molecule has 0 aliphatic heterocycles. The van der Waals surface area contributed by atoms with Crippen molar-refractivity contribution < 1.29 is 24.5 Å². The molecule has 3 rings (SSSR count). The number of nitrogens with one attached hydrogen (secondary N) is 1. The van der Waals surface area contributed by atoms with E-state index >= 15 is 0 Å². The van der Waals surface area contributed by atoms with E-state index in [2.05, 4.69) is 17.4 Å². The number of aromatic hydroxyl groups is 1. The van der Waals surface area contributed by atoms with Gasteiger partial charge in [0, 0.05) is 22.9 Å². The van der Waals surface area contributed by atoms with Crippen molar-refractivity contribution in [1.29, 1.82) is 0 Å². The number of phenolic OH excluding ortho intramolecular Hbond substituents is 1. The maximum Gasteiger partial charge on any atom is 0.341 e. The lowest BCUT2D eigenvalue weighted by molar-refractivity contribution is -0.139. The van der Waals surface area contributed by atoms with Crippen molar-refractivity contribution >= 4 is 24.0 Å². The summed E-state index contributed by atoms with van der Waals surface area (Å²) in [7, 11) is 0. The Balaban J connectivity index is 1.93. The molecule has 0 saturated carbocycles. The molecule has 0 aliphatic rings. The number of carbonyl (C=O) groups is 2. The number of hydrogen-bond donors (Lipinski definition) is 3. The third kappa shape index (κ3) is 7.84. The Bertz CT molecular complexity index is 1380. The first-order valence-electron chi connectivity index (χ1n) is 12.4. The molecular weight excluding hydrogens is 466 g/mol. The first-order valence-corrected chi connectivity index (χ1v) is 12.4. The molecule has 0 atom stereocenters. The normalized spacial score (nSPS) is 12.2. The van der Waals surface area contributed by atoms with Crippen LogP contribution in [0.1, 0.15) is 42.6 Å². The maximum absolute atomic E-state index is 12.9. The van der Waals surface area contributed by atoms with E-state index in [0.29, 0.717) is 34.2 Å². The minimum Gasteiger partial charge on any atom is -0.507 e. The molecule has 6 nitrogen and oxygen atoms in total. The molecule has 0 radical (unpaired) electrons. The largest absolute Gasteiger partial charge is 0.507 e. The number of aliphatic carboxylic acids is 1. The summed E-state index contributed by atoms with van der Waals surface area (Å²) >= 11 is 0. The fourth-order valence-electron chi connectivity index (χ4n) is 3.98. The zero-order valence-corrected chi connectivity index (χ0v) is 21.2. The minimum atomic E-state index is -1.11. The van der Waals surface area contributed by atoms with Gasteiger partial charge in [0.25, 0.3) is 5.91 Å². The van der Waals surface area contributed by atoms with Gasteiger partial charge in [0.1, 0.15) is 11.5 Å². The second-order valence-corrected chi connectivity index (χ2v) is 8.54. The van der Waals surface area contributed by atoms with E-state index in [-0.39, 0.29) is 11.7 Å². The Hall–Kier alpha value is -4.32. The van der Waals surface area contributed by atoms with Gasteiger partial charge in [-0.3, -0.25) is 4.79 Å². The zero-order chi connectivity index (χ0) is 26.6. The van der Waals surface area contributed by atoms with E-state index < -0.39 is 12.6 Å². The lowest BCUT2D eigenvalue weighted by Crippen LogP contribution is -2.25. The summed E-state index contributed by atoms with van der Waals surface area (Å²) in [5.74, 6) is -0.939. The first-order chi connectivity index (χ1) is 17.9. The molecule has 1 amide bonds. The molecular formula is C31H33NO5. The van der Waals surface area contributed by atoms with Gasteiger partial charge < -0.3 is 20.3 Å². The molecule has 37 heavy (non-hydrogen) atoms. The predicted octanol–water partition coefficient (Wildman–Crippen LogP) is 4.43. The number of hydrogen-bond acceptors (Lipinski definition) is 4. The van der Waals surface area contributed by atoms with E-state index in [1.165, 1.54) is 5.56 Å². The van der Waals surface area contributed by atoms with Crippen LogP contribution in [0.3, 0.4) is 0 Å². The van der Waals surface area contributed by atoms with E-state index in [1.54, 1.807) is 24.3 Å². The molecule has 0 bridgehead atoms. The van der Waals surface area contributed by atoms with Gasteiger partial charge in [0.15, 0.2) is 6.61 Å². The smallest absolute Gasteiger partial charge is 0.341 e. The number of allylic oxidation sites excluding steroid dienone is 2. The average molecular weight is 500 g/mol. The zero-order valence-electron chi connectivity index (χ0n) is 21.2. The van der Waals surface area contributed by atoms with Crippen molar-refractivity contribution in [2.24, 2.45) is 0 Å². The number of phenols is 1. The van der Waals surface area contributed by atoms with Crippen LogP contribution in [0.2, 0.25) is 0 Å². The number of aryl methyl sites for hydroxylation is 1. The minimum absolute atomic E-state index is 0.0926. The molecule has 6 heteroatoms. The lowest BCUT2D eigenvalue weighted by Gasteiger charge is -2.14. The molecule has 192 valence electrons. The van der Waals surface area contributed by atoms with Crippen LogP contribution in [0.25, 0.3) is 23.3 Å². The van der Waals surface area contributed by atoms with Gasteiger partial charge in [0.05, 0.1) is 0 Å². The SMILES string of the molecule is C\C=C/C=c1/cc(-c2cc(C(=O)NCCCc3ccccc3)ccc2OCC(=O)O)cc(O)/c1=C\CC. The van der Waals surface area contributed by atoms with Crippen LogP contribution < -0.4 is 20.5 Å². The van der Waals surface area contributed by atoms with Crippen molar-refractivity contribution in [1.82, 2.24) is 5.32 Å². The number of carbonyl (C=O) groups excluding carboxylic acids is 1. The monoisotopic (exact) mass is 499 g/mol. The van der Waals surface area contributed by atoms with Crippen molar-refractivity contribution in [3.8, 4) is 22.6 Å². The number of amides is 1. The summed E-state index contributed by atoms with van der Waals surface area (Å²) in [6.07, 6.45) is 10.0. The van der Waals surface area contributed by atoms with Crippen LogP contribution in [-0.4, -0.2) is 35.2 Å². The van der Waals surface area contributed by atoms with E-state index in [9.17, 15) is 14.7 Å². The van der Waals surface area contributed by atoms with Gasteiger partial charge in [-0.05, 0) is 72.9 Å². The highest BCUT2D eigenvalue weighted by atomic mass is 16.5. The molecule has 0 fully saturated rings. The van der Waals surface area contributed by atoms with E-state index in [0.717, 1.165) is 24.5 Å². The Labute approximate surface area is 217 Å². The van der Waals surface area contributed by atoms with Crippen LogP contribution in [-0.2, 0) is 11.2 Å². The molecule has 0 aliphatic carbocycles. The summed E-state index contributed by atoms with van der Waals surface area (Å²) < 4.78 is 5.53. The van der Waals surface area contributed by atoms with Crippen molar-refractivity contribution in [3.63, 3.8) is 0 Å². The van der Waals surface area contributed by atoms with Crippen LogP contribution >= 0.6 is 0 Å². The summed E-state index contributed by atoms with van der Waals surface area (Å²) in [4.78, 5) is 24.1. The average Bonchev–Trinajstić information content (AvgIpc) is 2.90. The van der Waals surface area contributed by atoms with E-state index in [1.807, 2.05) is 62.4 Å². The van der Waals surface area contributed by atoms with Crippen molar-refractivity contribution in [2.75, 3.05) is 13.2 Å². The topological polar surface area (TPSA) is 95.9 Å². The summed E-state index contributed by atoms with van der Waals surface area (Å²) in [6.45, 7) is 3.89. The molecule has 0 unspecified atom stereocenters. The number of carboxylic acid groups (broad SMARTS) is 1. The standard InChI is InChI=1S/C31H33NO5/c1-3-5-14-23-18-25(20-28(33)26(23)10-4-2)27-19-24(15-16-29(27)37-21-30(34)35)31(36)32-17-9-13-22-11-7-6-8-12-22/h3,5-8,10-12,14-16,18-20,33H,4,9,13,17,21H2,1-2H3,(H,32,36)(H,34,35)/b5-3-,23-14-,26-10-. The molecule has 3 aromatic carbocycles. The Morgan fingerprint density at radius 2 is 1.84 bits per heavy atom. The third-order valence-corrected chi connectivity index (χ3v) is 5.74. The Kier molecular flexibility index (Phi) is 10.1. The van der Waals surface area contributed by atoms with Crippen LogP contribution in [0.15, 0.2) is 72.8 Å². The van der Waals surface area contributed by atoms with Gasteiger partial charge >= 0.3 is 5.97 Å². The quantitative estimate of drug-likeness (QED) is 0.339. The van der Waals surface area contributed by atoms with Crippen LogP contribution in [0.4, 0.5) is 0 Å². The van der Waals surface area contributed by atoms with Gasteiger partial charge in [-0.25, -0.2) is 4.79 Å². The van der Waals surface area contributed by atoms with Crippen LogP contribution in [0, 0.1) is 0 Å². The summed E-state index contributed by atoms with van der Waals surface area (Å²) in [5, 5.41) is 24.4. The fourth-order valence-corrected chi connectivity index (χ4v) is 3.98. The summed E-state index contributed by atoms with van der Waals surface area (Å²) in [6, 6.07) is 18.5. The third-order valence-electron chi connectivity index (χ3n) is 5.74. The van der Waals surface area contributed by atoms with Gasteiger partial charge in [0.2, 0.25) is 0 Å². The molecule has 0 heterocycles. The molecule has 3 aromatic rings. The number of ether oxygens (including phenoxy) is 1. The number of benzene rings is 3. The summed E-state index contributed by atoms with van der Waals surface area (Å²) in [5.41, 5.74) is 2.76. The van der Waals surface area contributed by atoms with E-state index in [4.69, 9.17) is 9.84 Å². The highest BCUT2D eigenvalue weighted by Crippen LogP contribution is 2.31. The predicted molar refractivity (Wildman–Crippen MR) is 147 cm³/mol. The molecule has 0 saturated heterocycles. The highest BCUT2D eigenvalue weighted by molar-refractivity contribution is 5.96. The maximum atomic E-state index is 12.9. The van der Waals surface area contributed by atoms with Crippen molar-refractivity contribution in [2.45, 2.75) is 33.1 Å². The van der Waals surface area contributed by atoms with Crippen LogP contribution in [0.5, 0.6) is 11.5 Å². The fraction of sp³-hybridized carbons (Fsp3) is 0.226. The molecule has 0 spiro atoms. The molecule has 3 N–H and O–H groups in total. The Morgan fingerprint density at radius 3 is 2.54 bits per heavy atom. The second-order valence-electron chi connectivity index (χ2n) is 8.54. The van der Waals surface area contributed by atoms with Gasteiger partial charge in [-0.2, -0.15) is 0 Å². The van der Waals surface area contributed by atoms with Gasteiger partial charge in [-0.15, -0.1) is 0 Å². The lowest BCUT2D eigenvalue weighted by atomic mass is 9.99. The molecule has 0 aromatic heterocycles. The second kappa shape index (κ2) is 13.7. The number of rotatable bonds is 11. The Morgan fingerprint density at radius 1 is 1.05 bits per heavy atom. The van der Waals surface area contributed by atoms with Crippen molar-refractivity contribution in [3.05, 3.63) is 94.4 Å². The number of carboxylic acids is 1. The first kappa shape index (κ1) is 27.3.